The Labute approximate surface area is 116 Å². The molecule has 2 rings (SSSR count). The number of nitrogens with two attached hydrogens (primary N) is 1. The second-order valence-corrected chi connectivity index (χ2v) is 4.19. The molecule has 100 valence electrons. The molecule has 19 heavy (non-hydrogen) atoms. The van der Waals surface area contributed by atoms with Crippen molar-refractivity contribution in [2.24, 2.45) is 0 Å². The molecular weight excluding hydrogens is 266 g/mol. The van der Waals surface area contributed by atoms with Gasteiger partial charge in [-0.3, -0.25) is 0 Å². The number of nitrogens with one attached hydrogen (secondary N) is 1. The molecule has 0 unspecified atom stereocenters. The van der Waals surface area contributed by atoms with Crippen molar-refractivity contribution in [3.05, 3.63) is 35.5 Å². The fraction of sp³-hybridized carbons (Fsp3) is 0.154. The molecule has 0 fully saturated rings. The zero-order chi connectivity index (χ0) is 13.8. The van der Waals surface area contributed by atoms with E-state index in [1.807, 2.05) is 0 Å². The highest BCUT2D eigenvalue weighted by atomic mass is 35.5. The van der Waals surface area contributed by atoms with Crippen LogP contribution in [-0.4, -0.2) is 19.2 Å². The lowest BCUT2D eigenvalue weighted by molar-refractivity contribution is 0.405. The van der Waals surface area contributed by atoms with Gasteiger partial charge in [0.25, 0.3) is 0 Å². The average molecular weight is 280 g/mol. The summed E-state index contributed by atoms with van der Waals surface area (Å²) in [4.78, 5) is 4.17. The fourth-order valence-electron chi connectivity index (χ4n) is 1.61. The van der Waals surface area contributed by atoms with Gasteiger partial charge < -0.3 is 20.5 Å². The summed E-state index contributed by atoms with van der Waals surface area (Å²) in [6, 6.07) is 6.85. The Hall–Kier alpha value is -2.14. The number of aromatic nitrogens is 1. The van der Waals surface area contributed by atoms with Gasteiger partial charge in [0.05, 0.1) is 24.9 Å². The number of nitrogen functional groups attached to an aromatic ring is 1. The smallest absolute Gasteiger partial charge is 0.144 e. The quantitative estimate of drug-likeness (QED) is 0.900. The number of benzene rings is 1. The number of ether oxygens (including phenoxy) is 2. The number of anilines is 3. The van der Waals surface area contributed by atoms with E-state index in [0.29, 0.717) is 33.7 Å². The van der Waals surface area contributed by atoms with Gasteiger partial charge in [0.15, 0.2) is 0 Å². The van der Waals surface area contributed by atoms with Crippen LogP contribution in [0.4, 0.5) is 17.2 Å². The van der Waals surface area contributed by atoms with Gasteiger partial charge in [-0.15, -0.1) is 0 Å². The normalized spacial score (nSPS) is 10.1. The van der Waals surface area contributed by atoms with Crippen LogP contribution in [0, 0.1) is 0 Å². The highest BCUT2D eigenvalue weighted by Gasteiger charge is 2.10. The summed E-state index contributed by atoms with van der Waals surface area (Å²) in [6.07, 6.45) is 1.62. The molecule has 1 aromatic heterocycles. The average Bonchev–Trinajstić information content (AvgIpc) is 2.40. The molecule has 0 saturated carbocycles. The van der Waals surface area contributed by atoms with Gasteiger partial charge in [0.1, 0.15) is 17.3 Å². The van der Waals surface area contributed by atoms with Gasteiger partial charge in [-0.1, -0.05) is 11.6 Å². The summed E-state index contributed by atoms with van der Waals surface area (Å²) in [5.41, 5.74) is 7.02. The van der Waals surface area contributed by atoms with Crippen molar-refractivity contribution in [2.75, 3.05) is 25.3 Å². The van der Waals surface area contributed by atoms with Crippen LogP contribution in [0.15, 0.2) is 30.5 Å². The van der Waals surface area contributed by atoms with Crippen LogP contribution in [0.2, 0.25) is 5.02 Å². The van der Waals surface area contributed by atoms with Gasteiger partial charge in [-0.2, -0.15) is 0 Å². The predicted octanol–water partition coefficient (Wildman–Crippen LogP) is 3.08. The Morgan fingerprint density at radius 3 is 2.53 bits per heavy atom. The number of pyridine rings is 1. The third kappa shape index (κ3) is 3.00. The van der Waals surface area contributed by atoms with E-state index in [2.05, 4.69) is 10.3 Å². The Kier molecular flexibility index (Phi) is 3.97. The second kappa shape index (κ2) is 5.67. The van der Waals surface area contributed by atoms with Crippen LogP contribution < -0.4 is 20.5 Å². The molecule has 0 amide bonds. The van der Waals surface area contributed by atoms with Gasteiger partial charge >= 0.3 is 0 Å². The van der Waals surface area contributed by atoms with E-state index in [0.717, 1.165) is 0 Å². The van der Waals surface area contributed by atoms with E-state index in [-0.39, 0.29) is 0 Å². The van der Waals surface area contributed by atoms with Crippen LogP contribution in [0.25, 0.3) is 0 Å². The molecule has 1 aromatic carbocycles. The lowest BCUT2D eigenvalue weighted by Gasteiger charge is -2.13. The van der Waals surface area contributed by atoms with Crippen molar-refractivity contribution in [2.45, 2.75) is 0 Å². The standard InChI is InChI=1S/C13H14ClN3O2/c1-18-11-7-10(12(19-2)6-9(11)14)17-13-5-8(15)3-4-16-13/h3-7H,1-2H3,(H3,15,16,17). The Bertz CT molecular complexity index is 590. The van der Waals surface area contributed by atoms with E-state index in [1.165, 1.54) is 0 Å². The lowest BCUT2D eigenvalue weighted by Crippen LogP contribution is -1.98. The van der Waals surface area contributed by atoms with Crippen LogP contribution >= 0.6 is 11.6 Å². The fourth-order valence-corrected chi connectivity index (χ4v) is 1.84. The van der Waals surface area contributed by atoms with E-state index in [1.54, 1.807) is 44.7 Å². The summed E-state index contributed by atoms with van der Waals surface area (Å²) in [6.45, 7) is 0. The zero-order valence-corrected chi connectivity index (χ0v) is 11.4. The van der Waals surface area contributed by atoms with E-state index in [9.17, 15) is 0 Å². The van der Waals surface area contributed by atoms with E-state index < -0.39 is 0 Å². The van der Waals surface area contributed by atoms with Gasteiger partial charge in [-0.05, 0) is 6.07 Å². The van der Waals surface area contributed by atoms with E-state index in [4.69, 9.17) is 26.8 Å². The monoisotopic (exact) mass is 279 g/mol. The number of halogens is 1. The van der Waals surface area contributed by atoms with Crippen molar-refractivity contribution in [1.29, 1.82) is 0 Å². The Balaban J connectivity index is 2.38. The van der Waals surface area contributed by atoms with Gasteiger partial charge in [0, 0.05) is 30.1 Å². The van der Waals surface area contributed by atoms with Gasteiger partial charge in [-0.25, -0.2) is 4.98 Å². The molecule has 0 bridgehead atoms. The largest absolute Gasteiger partial charge is 0.495 e. The second-order valence-electron chi connectivity index (χ2n) is 3.79. The molecule has 0 aliphatic rings. The summed E-state index contributed by atoms with van der Waals surface area (Å²) in [5, 5.41) is 3.59. The molecule has 1 heterocycles. The summed E-state index contributed by atoms with van der Waals surface area (Å²) in [7, 11) is 3.12. The van der Waals surface area contributed by atoms with Crippen molar-refractivity contribution in [3.8, 4) is 11.5 Å². The first kappa shape index (κ1) is 13.3. The lowest BCUT2D eigenvalue weighted by atomic mass is 10.2. The zero-order valence-electron chi connectivity index (χ0n) is 10.6. The van der Waals surface area contributed by atoms with Crippen molar-refractivity contribution < 1.29 is 9.47 Å². The molecular formula is C13H14ClN3O2. The van der Waals surface area contributed by atoms with Crippen LogP contribution in [0.3, 0.4) is 0 Å². The first-order valence-electron chi connectivity index (χ1n) is 5.54. The van der Waals surface area contributed by atoms with Gasteiger partial charge in [0.2, 0.25) is 0 Å². The molecule has 0 spiro atoms. The van der Waals surface area contributed by atoms with Crippen LogP contribution in [0.5, 0.6) is 11.5 Å². The predicted molar refractivity (Wildman–Crippen MR) is 76.5 cm³/mol. The molecule has 0 radical (unpaired) electrons. The Morgan fingerprint density at radius 2 is 1.89 bits per heavy atom. The number of methoxy groups -OCH3 is 2. The maximum Gasteiger partial charge on any atom is 0.144 e. The maximum atomic E-state index is 6.04. The number of nitrogens with zero attached hydrogens (tertiary/aromatic N) is 1. The number of hydrogen-bond acceptors (Lipinski definition) is 5. The third-order valence-electron chi connectivity index (χ3n) is 2.52. The number of rotatable bonds is 4. The molecule has 0 saturated heterocycles. The van der Waals surface area contributed by atoms with Crippen molar-refractivity contribution in [1.82, 2.24) is 4.98 Å². The molecule has 0 atom stereocenters. The molecule has 5 nitrogen and oxygen atoms in total. The highest BCUT2D eigenvalue weighted by molar-refractivity contribution is 6.32. The maximum absolute atomic E-state index is 6.04. The minimum absolute atomic E-state index is 0.477. The Morgan fingerprint density at radius 1 is 1.16 bits per heavy atom. The third-order valence-corrected chi connectivity index (χ3v) is 2.82. The highest BCUT2D eigenvalue weighted by Crippen LogP contribution is 2.37. The minimum Gasteiger partial charge on any atom is -0.495 e. The molecule has 0 aliphatic heterocycles. The molecule has 2 aromatic rings. The molecule has 0 aliphatic carbocycles. The van der Waals surface area contributed by atoms with E-state index >= 15 is 0 Å². The topological polar surface area (TPSA) is 69.4 Å². The number of hydrogen-bond donors (Lipinski definition) is 2. The molecule has 3 N–H and O–H groups in total. The summed E-state index contributed by atoms with van der Waals surface area (Å²) < 4.78 is 10.4. The van der Waals surface area contributed by atoms with Crippen LogP contribution in [0.1, 0.15) is 0 Å². The summed E-state index contributed by atoms with van der Waals surface area (Å²) >= 11 is 6.04. The summed E-state index contributed by atoms with van der Waals surface area (Å²) in [5.74, 6) is 1.76. The molecule has 6 heteroatoms. The van der Waals surface area contributed by atoms with Crippen molar-refractivity contribution in [3.63, 3.8) is 0 Å². The SMILES string of the molecule is COc1cc(Nc2cc(N)ccn2)c(OC)cc1Cl. The van der Waals surface area contributed by atoms with Crippen LogP contribution in [-0.2, 0) is 0 Å². The van der Waals surface area contributed by atoms with Crippen molar-refractivity contribution >= 4 is 28.8 Å². The first-order valence-corrected chi connectivity index (χ1v) is 5.92. The minimum atomic E-state index is 0.477. The first-order chi connectivity index (χ1) is 9.13.